The van der Waals surface area contributed by atoms with Gasteiger partial charge < -0.3 is 10.2 Å². The lowest BCUT2D eigenvalue weighted by atomic mass is 10.0. The van der Waals surface area contributed by atoms with Gasteiger partial charge in [0.05, 0.1) is 10.6 Å². The van der Waals surface area contributed by atoms with Gasteiger partial charge in [0.1, 0.15) is 12.6 Å². The monoisotopic (exact) mass is 645 g/mol. The highest BCUT2D eigenvalue weighted by atomic mass is 35.5. The van der Waals surface area contributed by atoms with E-state index in [0.29, 0.717) is 21.8 Å². The molecule has 0 saturated heterocycles. The van der Waals surface area contributed by atoms with Gasteiger partial charge in [0.2, 0.25) is 11.8 Å². The number of hydrogen-bond donors (Lipinski definition) is 1. The number of nitrogens with one attached hydrogen (secondary N) is 1. The third-order valence-electron chi connectivity index (χ3n) is 7.31. The Kier molecular flexibility index (Phi) is 10.7. The molecule has 0 bridgehead atoms. The van der Waals surface area contributed by atoms with Gasteiger partial charge in [-0.25, -0.2) is 8.42 Å². The summed E-state index contributed by atoms with van der Waals surface area (Å²) in [6, 6.07) is 29.1. The molecule has 45 heavy (non-hydrogen) atoms. The van der Waals surface area contributed by atoms with E-state index in [4.69, 9.17) is 11.6 Å². The quantitative estimate of drug-likeness (QED) is 0.197. The van der Waals surface area contributed by atoms with Crippen LogP contribution in [0.1, 0.15) is 43.0 Å². The summed E-state index contributed by atoms with van der Waals surface area (Å²) in [5, 5.41) is 3.47. The number of halogens is 1. The molecular formula is C36H40ClN3O4S. The molecule has 9 heteroatoms. The van der Waals surface area contributed by atoms with Crippen LogP contribution in [0.2, 0.25) is 5.02 Å². The zero-order valence-corrected chi connectivity index (χ0v) is 27.9. The average Bonchev–Trinajstić information content (AvgIpc) is 2.99. The standard InChI is InChI=1S/C36H40ClN3O4S/c1-26-20-21-27(2)32(22-26)40(45(43,44)30-17-10-7-11-18-30)25-34(41)39(24-29-16-12-13-19-31(29)37)33(35(42)38-36(3,4)5)23-28-14-8-6-9-15-28/h6-22,33H,23-25H2,1-5H3,(H,38,42)/t33-/m0/s1. The molecule has 4 aromatic carbocycles. The molecule has 4 aromatic rings. The smallest absolute Gasteiger partial charge is 0.264 e. The summed E-state index contributed by atoms with van der Waals surface area (Å²) in [6.07, 6.45) is 0.216. The van der Waals surface area contributed by atoms with E-state index < -0.39 is 34.1 Å². The highest BCUT2D eigenvalue weighted by molar-refractivity contribution is 7.92. The van der Waals surface area contributed by atoms with Crippen molar-refractivity contribution in [3.05, 3.63) is 130 Å². The molecule has 0 saturated carbocycles. The fourth-order valence-electron chi connectivity index (χ4n) is 5.04. The summed E-state index contributed by atoms with van der Waals surface area (Å²) in [5.74, 6) is -0.892. The zero-order valence-electron chi connectivity index (χ0n) is 26.3. The molecule has 0 unspecified atom stereocenters. The van der Waals surface area contributed by atoms with Crippen molar-refractivity contribution in [3.8, 4) is 0 Å². The van der Waals surface area contributed by atoms with Crippen LogP contribution in [0.4, 0.5) is 5.69 Å². The molecule has 0 fully saturated rings. The molecule has 1 N–H and O–H groups in total. The molecule has 0 radical (unpaired) electrons. The van der Waals surface area contributed by atoms with Crippen molar-refractivity contribution in [3.63, 3.8) is 0 Å². The lowest BCUT2D eigenvalue weighted by Crippen LogP contribution is -2.56. The Morgan fingerprint density at radius 3 is 2.07 bits per heavy atom. The lowest BCUT2D eigenvalue weighted by molar-refractivity contribution is -0.140. The van der Waals surface area contributed by atoms with E-state index in [1.807, 2.05) is 83.1 Å². The first kappa shape index (κ1) is 33.7. The van der Waals surface area contributed by atoms with E-state index in [-0.39, 0.29) is 23.8 Å². The van der Waals surface area contributed by atoms with Crippen molar-refractivity contribution in [2.45, 2.75) is 64.1 Å². The van der Waals surface area contributed by atoms with E-state index in [2.05, 4.69) is 5.32 Å². The maximum Gasteiger partial charge on any atom is 0.264 e. The minimum absolute atomic E-state index is 0.000403. The number of aryl methyl sites for hydroxylation is 2. The van der Waals surface area contributed by atoms with Crippen molar-refractivity contribution in [2.75, 3.05) is 10.8 Å². The summed E-state index contributed by atoms with van der Waals surface area (Å²) < 4.78 is 29.6. The fourth-order valence-corrected chi connectivity index (χ4v) is 6.73. The first-order valence-electron chi connectivity index (χ1n) is 14.8. The summed E-state index contributed by atoms with van der Waals surface area (Å²) in [5.41, 5.74) is 2.84. The average molecular weight is 646 g/mol. The van der Waals surface area contributed by atoms with E-state index in [1.165, 1.54) is 17.0 Å². The van der Waals surface area contributed by atoms with Crippen molar-refractivity contribution in [2.24, 2.45) is 0 Å². The number of nitrogens with zero attached hydrogens (tertiary/aromatic N) is 2. The highest BCUT2D eigenvalue weighted by Gasteiger charge is 2.36. The van der Waals surface area contributed by atoms with Crippen molar-refractivity contribution < 1.29 is 18.0 Å². The summed E-state index contributed by atoms with van der Waals surface area (Å²) >= 11 is 6.57. The van der Waals surface area contributed by atoms with Crippen LogP contribution >= 0.6 is 11.6 Å². The van der Waals surface area contributed by atoms with Gasteiger partial charge in [-0.2, -0.15) is 0 Å². The van der Waals surface area contributed by atoms with E-state index >= 15 is 0 Å². The van der Waals surface area contributed by atoms with Gasteiger partial charge >= 0.3 is 0 Å². The molecule has 0 aliphatic heterocycles. The lowest BCUT2D eigenvalue weighted by Gasteiger charge is -2.35. The molecule has 1 atom stereocenters. The van der Waals surface area contributed by atoms with E-state index in [9.17, 15) is 18.0 Å². The van der Waals surface area contributed by atoms with Crippen molar-refractivity contribution in [1.29, 1.82) is 0 Å². The maximum absolute atomic E-state index is 14.6. The Bertz CT molecular complexity index is 1740. The van der Waals surface area contributed by atoms with Crippen LogP contribution < -0.4 is 9.62 Å². The molecule has 236 valence electrons. The van der Waals surface area contributed by atoms with Crippen LogP contribution in [0.5, 0.6) is 0 Å². The minimum atomic E-state index is -4.18. The number of benzene rings is 4. The molecule has 4 rings (SSSR count). The van der Waals surface area contributed by atoms with Crippen molar-refractivity contribution >= 4 is 39.1 Å². The van der Waals surface area contributed by atoms with Crippen LogP contribution in [0.15, 0.2) is 108 Å². The van der Waals surface area contributed by atoms with Gasteiger partial charge in [-0.15, -0.1) is 0 Å². The van der Waals surface area contributed by atoms with Crippen LogP contribution in [0.3, 0.4) is 0 Å². The number of carbonyl (C=O) groups excluding carboxylic acids is 2. The highest BCUT2D eigenvalue weighted by Crippen LogP contribution is 2.29. The molecular weight excluding hydrogens is 606 g/mol. The summed E-state index contributed by atoms with van der Waals surface area (Å²) in [4.78, 5) is 30.1. The maximum atomic E-state index is 14.6. The second-order valence-corrected chi connectivity index (χ2v) is 14.4. The third kappa shape index (κ3) is 8.74. The van der Waals surface area contributed by atoms with Gasteiger partial charge in [-0.3, -0.25) is 13.9 Å². The molecule has 0 heterocycles. The SMILES string of the molecule is Cc1ccc(C)c(N(CC(=O)N(Cc2ccccc2Cl)[C@@H](Cc2ccccc2)C(=O)NC(C)(C)C)S(=O)(=O)c2ccccc2)c1. The number of hydrogen-bond acceptors (Lipinski definition) is 4. The Morgan fingerprint density at radius 2 is 1.44 bits per heavy atom. The van der Waals surface area contributed by atoms with Gasteiger partial charge in [-0.05, 0) is 81.1 Å². The van der Waals surface area contributed by atoms with Gasteiger partial charge in [0, 0.05) is 23.5 Å². The Labute approximate surface area is 271 Å². The minimum Gasteiger partial charge on any atom is -0.350 e. The fraction of sp³-hybridized carbons (Fsp3) is 0.278. The molecule has 7 nitrogen and oxygen atoms in total. The Balaban J connectivity index is 1.85. The van der Waals surface area contributed by atoms with Crippen molar-refractivity contribution in [1.82, 2.24) is 10.2 Å². The Morgan fingerprint density at radius 1 is 0.844 bits per heavy atom. The Hall–Kier alpha value is -4.14. The molecule has 2 amide bonds. The predicted molar refractivity (Wildman–Crippen MR) is 181 cm³/mol. The van der Waals surface area contributed by atoms with Gasteiger partial charge in [0.15, 0.2) is 0 Å². The van der Waals surface area contributed by atoms with Crippen LogP contribution in [0, 0.1) is 13.8 Å². The first-order valence-corrected chi connectivity index (χ1v) is 16.6. The number of sulfonamides is 1. The summed E-state index contributed by atoms with van der Waals surface area (Å²) in [6.45, 7) is 8.77. The second kappa shape index (κ2) is 14.3. The van der Waals surface area contributed by atoms with Crippen LogP contribution in [-0.2, 0) is 32.6 Å². The van der Waals surface area contributed by atoms with Crippen LogP contribution in [-0.4, -0.2) is 43.3 Å². The molecule has 0 aliphatic rings. The topological polar surface area (TPSA) is 86.8 Å². The second-order valence-electron chi connectivity index (χ2n) is 12.2. The molecule has 0 aromatic heterocycles. The zero-order chi connectivity index (χ0) is 32.8. The normalized spacial score (nSPS) is 12.3. The number of rotatable bonds is 11. The largest absolute Gasteiger partial charge is 0.350 e. The summed E-state index contributed by atoms with van der Waals surface area (Å²) in [7, 11) is -4.18. The third-order valence-corrected chi connectivity index (χ3v) is 9.45. The van der Waals surface area contributed by atoms with E-state index in [0.717, 1.165) is 15.4 Å². The molecule has 0 aliphatic carbocycles. The van der Waals surface area contributed by atoms with Gasteiger partial charge in [-0.1, -0.05) is 90.5 Å². The number of amides is 2. The number of anilines is 1. The van der Waals surface area contributed by atoms with Crippen LogP contribution in [0.25, 0.3) is 0 Å². The number of carbonyl (C=O) groups is 2. The molecule has 0 spiro atoms. The predicted octanol–water partition coefficient (Wildman–Crippen LogP) is 6.71. The van der Waals surface area contributed by atoms with Gasteiger partial charge in [0.25, 0.3) is 10.0 Å². The first-order chi connectivity index (χ1) is 21.3. The van der Waals surface area contributed by atoms with E-state index in [1.54, 1.807) is 42.5 Å².